The Morgan fingerprint density at radius 3 is 2.94 bits per heavy atom. The van der Waals surface area contributed by atoms with Gasteiger partial charge in [0.05, 0.1) is 24.2 Å². The number of imidazole rings is 1. The Balaban J connectivity index is 1.28. The van der Waals surface area contributed by atoms with Crippen molar-refractivity contribution in [3.63, 3.8) is 0 Å². The van der Waals surface area contributed by atoms with Gasteiger partial charge in [0.15, 0.2) is 23.7 Å². The summed E-state index contributed by atoms with van der Waals surface area (Å²) in [5.74, 6) is 0.977. The fraction of sp³-hybridized carbons (Fsp3) is 0.524. The molecular weight excluding hydrogens is 445 g/mol. The van der Waals surface area contributed by atoms with E-state index in [0.717, 1.165) is 37.5 Å². The van der Waals surface area contributed by atoms with Gasteiger partial charge in [0.1, 0.15) is 6.10 Å². The Bertz CT molecular complexity index is 1140. The van der Waals surface area contributed by atoms with Crippen LogP contribution in [0.1, 0.15) is 25.6 Å². The molecule has 2 fully saturated rings. The lowest BCUT2D eigenvalue weighted by molar-refractivity contribution is 0.0615. The molecule has 0 unspecified atom stereocenters. The summed E-state index contributed by atoms with van der Waals surface area (Å²) in [4.78, 5) is 23.1. The van der Waals surface area contributed by atoms with Crippen LogP contribution in [0.15, 0.2) is 24.7 Å². The first-order chi connectivity index (χ1) is 16.5. The van der Waals surface area contributed by atoms with E-state index in [1.54, 1.807) is 32.3 Å². The van der Waals surface area contributed by atoms with Crippen LogP contribution in [0.5, 0.6) is 0 Å². The molecule has 0 bridgehead atoms. The van der Waals surface area contributed by atoms with Crippen LogP contribution in [-0.4, -0.2) is 81.8 Å². The third-order valence-electron chi connectivity index (χ3n) is 5.76. The first kappa shape index (κ1) is 22.3. The van der Waals surface area contributed by atoms with E-state index in [9.17, 15) is 9.18 Å². The summed E-state index contributed by atoms with van der Waals surface area (Å²) in [6.45, 7) is 7.15. The van der Waals surface area contributed by atoms with Crippen molar-refractivity contribution in [3.05, 3.63) is 30.4 Å². The molecular formula is C21H28FN9O3. The standard InChI is InChI=1S/C21H28FN9O3/c1-12(2)26-21(32)34-15-11-33-18(17(15)22)13-9-16(29-28-13)27-20-25-10-14(19-24-5-8-31(19)20)30-6-3-23-4-7-30/h5,8-10,12,15,17-18,23H,3-4,6-7,11H2,1-2H3,(H,26,32)(H2,25,27,28,29)/t15-,17+,18-/m0/s1. The summed E-state index contributed by atoms with van der Waals surface area (Å²) < 4.78 is 27.5. The molecule has 34 heavy (non-hydrogen) atoms. The van der Waals surface area contributed by atoms with Gasteiger partial charge in [0.2, 0.25) is 5.95 Å². The number of alkyl carbamates (subject to hydrolysis) is 1. The zero-order valence-electron chi connectivity index (χ0n) is 19.0. The molecule has 3 atom stereocenters. The van der Waals surface area contributed by atoms with Gasteiger partial charge in [0, 0.05) is 50.7 Å². The largest absolute Gasteiger partial charge is 0.441 e. The highest BCUT2D eigenvalue weighted by atomic mass is 19.1. The topological polar surface area (TPSA) is 134 Å². The number of hydrogen-bond donors (Lipinski definition) is 4. The zero-order chi connectivity index (χ0) is 23.7. The Labute approximate surface area is 195 Å². The number of aromatic nitrogens is 5. The van der Waals surface area contributed by atoms with Gasteiger partial charge in [-0.05, 0) is 13.8 Å². The second-order valence-electron chi connectivity index (χ2n) is 8.60. The highest BCUT2D eigenvalue weighted by Gasteiger charge is 2.42. The molecule has 5 heterocycles. The molecule has 4 N–H and O–H groups in total. The van der Waals surface area contributed by atoms with E-state index in [1.807, 2.05) is 10.6 Å². The van der Waals surface area contributed by atoms with E-state index in [0.29, 0.717) is 17.5 Å². The molecule has 1 amide bonds. The highest BCUT2D eigenvalue weighted by Crippen LogP contribution is 2.33. The molecule has 0 aromatic carbocycles. The number of nitrogens with one attached hydrogen (secondary N) is 4. The zero-order valence-corrected chi connectivity index (χ0v) is 19.0. The number of piperazine rings is 1. The fourth-order valence-corrected chi connectivity index (χ4v) is 4.13. The second kappa shape index (κ2) is 9.43. The Hall–Kier alpha value is -3.45. The lowest BCUT2D eigenvalue weighted by Gasteiger charge is -2.29. The van der Waals surface area contributed by atoms with E-state index < -0.39 is 24.5 Å². The molecule has 3 aromatic heterocycles. The molecule has 0 saturated carbocycles. The molecule has 0 spiro atoms. The predicted molar refractivity (Wildman–Crippen MR) is 122 cm³/mol. The average molecular weight is 474 g/mol. The number of nitrogens with zero attached hydrogens (tertiary/aromatic N) is 5. The Morgan fingerprint density at radius 1 is 1.32 bits per heavy atom. The normalized spacial score (nSPS) is 22.9. The maximum atomic E-state index is 14.9. The number of anilines is 3. The van der Waals surface area contributed by atoms with Gasteiger partial charge in [-0.25, -0.2) is 19.2 Å². The smallest absolute Gasteiger partial charge is 0.407 e. The third kappa shape index (κ3) is 4.48. The number of fused-ring (bicyclic) bond motifs is 1. The number of alkyl halides is 1. The van der Waals surface area contributed by atoms with Gasteiger partial charge in [-0.1, -0.05) is 0 Å². The molecule has 13 heteroatoms. The molecule has 2 saturated heterocycles. The van der Waals surface area contributed by atoms with E-state index in [4.69, 9.17) is 9.47 Å². The van der Waals surface area contributed by atoms with E-state index >= 15 is 0 Å². The molecule has 12 nitrogen and oxygen atoms in total. The third-order valence-corrected chi connectivity index (χ3v) is 5.76. The molecule has 0 aliphatic carbocycles. The van der Waals surface area contributed by atoms with Crippen molar-refractivity contribution in [2.75, 3.05) is 43.0 Å². The van der Waals surface area contributed by atoms with Crippen molar-refractivity contribution in [3.8, 4) is 0 Å². The van der Waals surface area contributed by atoms with E-state index in [1.165, 1.54) is 0 Å². The van der Waals surface area contributed by atoms with Crippen molar-refractivity contribution in [1.29, 1.82) is 0 Å². The van der Waals surface area contributed by atoms with Gasteiger partial charge in [-0.2, -0.15) is 5.10 Å². The maximum absolute atomic E-state index is 14.9. The van der Waals surface area contributed by atoms with E-state index in [-0.39, 0.29) is 12.6 Å². The van der Waals surface area contributed by atoms with Crippen molar-refractivity contribution in [2.24, 2.45) is 0 Å². The number of amides is 1. The Kier molecular flexibility index (Phi) is 6.20. The summed E-state index contributed by atoms with van der Waals surface area (Å²) in [5.41, 5.74) is 2.19. The summed E-state index contributed by atoms with van der Waals surface area (Å²) in [5, 5.41) is 16.1. The Morgan fingerprint density at radius 2 is 2.15 bits per heavy atom. The van der Waals surface area contributed by atoms with Gasteiger partial charge in [0.25, 0.3) is 0 Å². The molecule has 2 aliphatic heterocycles. The minimum absolute atomic E-state index is 0.0379. The first-order valence-corrected chi connectivity index (χ1v) is 11.3. The lowest BCUT2D eigenvalue weighted by Crippen LogP contribution is -2.43. The quantitative estimate of drug-likeness (QED) is 0.420. The van der Waals surface area contributed by atoms with Crippen LogP contribution < -0.4 is 20.9 Å². The average Bonchev–Trinajstić information content (AvgIpc) is 3.55. The molecule has 5 rings (SSSR count). The number of hydrogen-bond acceptors (Lipinski definition) is 9. The van der Waals surface area contributed by atoms with Crippen LogP contribution in [-0.2, 0) is 9.47 Å². The number of carbonyl (C=O) groups is 1. The van der Waals surface area contributed by atoms with Crippen LogP contribution in [0.25, 0.3) is 5.65 Å². The number of halogens is 1. The highest BCUT2D eigenvalue weighted by molar-refractivity contribution is 5.71. The number of carbonyl (C=O) groups excluding carboxylic acids is 1. The molecule has 0 radical (unpaired) electrons. The monoisotopic (exact) mass is 473 g/mol. The number of ether oxygens (including phenoxy) is 2. The van der Waals surface area contributed by atoms with Gasteiger partial charge < -0.3 is 30.3 Å². The number of rotatable bonds is 6. The lowest BCUT2D eigenvalue weighted by atomic mass is 10.1. The first-order valence-electron chi connectivity index (χ1n) is 11.3. The minimum Gasteiger partial charge on any atom is -0.441 e. The fourth-order valence-electron chi connectivity index (χ4n) is 4.13. The van der Waals surface area contributed by atoms with Crippen molar-refractivity contribution >= 4 is 29.2 Å². The van der Waals surface area contributed by atoms with Crippen LogP contribution in [0.3, 0.4) is 0 Å². The number of aromatic amines is 1. The number of H-pyrrole nitrogens is 1. The second-order valence-corrected chi connectivity index (χ2v) is 8.60. The summed E-state index contributed by atoms with van der Waals surface area (Å²) in [6, 6.07) is 1.55. The van der Waals surface area contributed by atoms with Gasteiger partial charge in [-0.15, -0.1) is 0 Å². The van der Waals surface area contributed by atoms with Crippen LogP contribution in [0, 0.1) is 0 Å². The molecule has 3 aromatic rings. The van der Waals surface area contributed by atoms with Crippen molar-refractivity contribution in [2.45, 2.75) is 38.3 Å². The summed E-state index contributed by atoms with van der Waals surface area (Å²) in [7, 11) is 0. The van der Waals surface area contributed by atoms with Gasteiger partial charge in [-0.3, -0.25) is 9.50 Å². The van der Waals surface area contributed by atoms with Crippen LogP contribution in [0.2, 0.25) is 0 Å². The predicted octanol–water partition coefficient (Wildman–Crippen LogP) is 1.52. The van der Waals surface area contributed by atoms with E-state index in [2.05, 4.69) is 41.0 Å². The summed E-state index contributed by atoms with van der Waals surface area (Å²) >= 11 is 0. The SMILES string of the molecule is CC(C)NC(=O)O[C@H]1CO[C@@H](c2cc(Nc3ncc(N4CCNCC4)c4nccn34)n[nH]2)[C@@H]1F. The van der Waals surface area contributed by atoms with Crippen LogP contribution >= 0.6 is 0 Å². The van der Waals surface area contributed by atoms with Crippen LogP contribution in [0.4, 0.5) is 26.6 Å². The minimum atomic E-state index is -1.52. The van der Waals surface area contributed by atoms with Crippen molar-refractivity contribution < 1.29 is 18.7 Å². The van der Waals surface area contributed by atoms with Crippen molar-refractivity contribution in [1.82, 2.24) is 35.2 Å². The molecule has 2 aliphatic rings. The molecule has 182 valence electrons. The maximum Gasteiger partial charge on any atom is 0.407 e. The van der Waals surface area contributed by atoms with Gasteiger partial charge >= 0.3 is 6.09 Å². The summed E-state index contributed by atoms with van der Waals surface area (Å²) in [6.07, 6.45) is 1.24.